The molecule has 0 aliphatic rings. The molecule has 1 aromatic rings. The Bertz CT molecular complexity index is 413. The number of hydrogen-bond donors (Lipinski definition) is 1. The average molecular weight is 295 g/mol. The highest BCUT2D eigenvalue weighted by Crippen LogP contribution is 2.18. The van der Waals surface area contributed by atoms with Crippen LogP contribution in [0.15, 0.2) is 24.3 Å². The van der Waals surface area contributed by atoms with E-state index in [0.29, 0.717) is 11.8 Å². The van der Waals surface area contributed by atoms with Gasteiger partial charge in [0.2, 0.25) is 0 Å². The first-order valence-electron chi connectivity index (χ1n) is 7.79. The molecular formula is C17H29NOS. The molecule has 0 amide bonds. The lowest BCUT2D eigenvalue weighted by Gasteiger charge is -2.26. The van der Waals surface area contributed by atoms with Gasteiger partial charge in [0.1, 0.15) is 0 Å². The Morgan fingerprint density at radius 3 is 2.45 bits per heavy atom. The molecule has 0 radical (unpaired) electrons. The second-order valence-corrected chi connectivity index (χ2v) is 7.01. The van der Waals surface area contributed by atoms with Crippen molar-refractivity contribution >= 4 is 10.8 Å². The standard InChI is InChI=1S/C17H29NOS/c1-5-10-16(18-7-3)17(6-2)20(19)13-15-12-9-8-11-14(15)4/h8-9,11-12,16-18H,5-7,10,13H2,1-4H3. The minimum absolute atomic E-state index is 0.245. The van der Waals surface area contributed by atoms with Crippen molar-refractivity contribution < 1.29 is 4.21 Å². The van der Waals surface area contributed by atoms with Crippen LogP contribution < -0.4 is 5.32 Å². The van der Waals surface area contributed by atoms with Crippen LogP contribution in [0.1, 0.15) is 51.2 Å². The molecule has 0 aliphatic carbocycles. The Balaban J connectivity index is 2.77. The third kappa shape index (κ3) is 5.02. The summed E-state index contributed by atoms with van der Waals surface area (Å²) in [6, 6.07) is 8.65. The van der Waals surface area contributed by atoms with Gasteiger partial charge in [0.05, 0.1) is 5.25 Å². The molecule has 3 heteroatoms. The van der Waals surface area contributed by atoms with Crippen molar-refractivity contribution in [2.75, 3.05) is 6.54 Å². The molecule has 0 bridgehead atoms. The fraction of sp³-hybridized carbons (Fsp3) is 0.647. The van der Waals surface area contributed by atoms with Crippen molar-refractivity contribution in [1.29, 1.82) is 0 Å². The molecule has 20 heavy (non-hydrogen) atoms. The Morgan fingerprint density at radius 2 is 1.90 bits per heavy atom. The molecule has 0 heterocycles. The van der Waals surface area contributed by atoms with Crippen molar-refractivity contribution in [3.05, 3.63) is 35.4 Å². The predicted octanol–water partition coefficient (Wildman–Crippen LogP) is 3.80. The van der Waals surface area contributed by atoms with Crippen molar-refractivity contribution in [3.8, 4) is 0 Å². The lowest BCUT2D eigenvalue weighted by atomic mass is 10.1. The maximum Gasteiger partial charge on any atom is 0.0502 e. The summed E-state index contributed by atoms with van der Waals surface area (Å²) in [5.74, 6) is 0.677. The first kappa shape index (κ1) is 17.4. The summed E-state index contributed by atoms with van der Waals surface area (Å²) in [5, 5.41) is 3.77. The monoisotopic (exact) mass is 295 g/mol. The zero-order valence-electron chi connectivity index (χ0n) is 13.3. The lowest BCUT2D eigenvalue weighted by molar-refractivity contribution is 0.458. The van der Waals surface area contributed by atoms with E-state index in [4.69, 9.17) is 0 Å². The molecular weight excluding hydrogens is 266 g/mol. The summed E-state index contributed by atoms with van der Waals surface area (Å²) in [6.45, 7) is 9.52. The lowest BCUT2D eigenvalue weighted by Crippen LogP contribution is -2.42. The summed E-state index contributed by atoms with van der Waals surface area (Å²) in [5.41, 5.74) is 2.46. The van der Waals surface area contributed by atoms with Crippen LogP contribution in [0, 0.1) is 6.92 Å². The molecule has 0 aliphatic heterocycles. The number of hydrogen-bond acceptors (Lipinski definition) is 2. The van der Waals surface area contributed by atoms with Crippen LogP contribution in [0.4, 0.5) is 0 Å². The van der Waals surface area contributed by atoms with Crippen LogP contribution >= 0.6 is 0 Å². The largest absolute Gasteiger partial charge is 0.313 e. The Labute approximate surface area is 126 Å². The smallest absolute Gasteiger partial charge is 0.0502 e. The predicted molar refractivity (Wildman–Crippen MR) is 89.5 cm³/mol. The molecule has 3 unspecified atom stereocenters. The number of aryl methyl sites for hydroxylation is 1. The van der Waals surface area contributed by atoms with Gasteiger partial charge in [-0.15, -0.1) is 0 Å². The van der Waals surface area contributed by atoms with Gasteiger partial charge in [-0.1, -0.05) is 51.5 Å². The third-order valence-electron chi connectivity index (χ3n) is 3.81. The number of nitrogens with one attached hydrogen (secondary N) is 1. The second kappa shape index (κ2) is 9.30. The molecule has 1 N–H and O–H groups in total. The van der Waals surface area contributed by atoms with Crippen molar-refractivity contribution in [1.82, 2.24) is 5.32 Å². The first-order valence-corrected chi connectivity index (χ1v) is 9.17. The van der Waals surface area contributed by atoms with E-state index >= 15 is 0 Å². The van der Waals surface area contributed by atoms with Crippen molar-refractivity contribution in [2.24, 2.45) is 0 Å². The molecule has 1 rings (SSSR count). The highest BCUT2D eigenvalue weighted by atomic mass is 32.2. The molecule has 0 spiro atoms. The second-order valence-electron chi connectivity index (χ2n) is 5.35. The first-order chi connectivity index (χ1) is 9.63. The van der Waals surface area contributed by atoms with E-state index in [1.54, 1.807) is 0 Å². The molecule has 3 atom stereocenters. The van der Waals surface area contributed by atoms with E-state index in [1.165, 1.54) is 11.1 Å². The van der Waals surface area contributed by atoms with Gasteiger partial charge < -0.3 is 5.32 Å². The quantitative estimate of drug-likeness (QED) is 0.751. The van der Waals surface area contributed by atoms with Crippen molar-refractivity contribution in [2.45, 2.75) is 64.0 Å². The molecule has 1 aromatic carbocycles. The van der Waals surface area contributed by atoms with E-state index in [2.05, 4.69) is 45.1 Å². The van der Waals surface area contributed by atoms with E-state index in [0.717, 1.165) is 25.8 Å². The van der Waals surface area contributed by atoms with E-state index in [-0.39, 0.29) is 5.25 Å². The fourth-order valence-corrected chi connectivity index (χ4v) is 4.49. The minimum atomic E-state index is -0.815. The van der Waals surface area contributed by atoms with Gasteiger partial charge in [0.15, 0.2) is 0 Å². The van der Waals surface area contributed by atoms with Crippen LogP contribution in [-0.4, -0.2) is 22.0 Å². The molecule has 0 aromatic heterocycles. The summed E-state index contributed by atoms with van der Waals surface area (Å²) in [4.78, 5) is 0. The van der Waals surface area contributed by atoms with E-state index in [9.17, 15) is 4.21 Å². The van der Waals surface area contributed by atoms with Gasteiger partial charge >= 0.3 is 0 Å². The van der Waals surface area contributed by atoms with Gasteiger partial charge in [0.25, 0.3) is 0 Å². The van der Waals surface area contributed by atoms with Gasteiger partial charge in [0, 0.05) is 22.6 Å². The molecule has 0 fully saturated rings. The number of rotatable bonds is 9. The molecule has 0 saturated heterocycles. The third-order valence-corrected chi connectivity index (χ3v) is 5.75. The molecule has 2 nitrogen and oxygen atoms in total. The van der Waals surface area contributed by atoms with Crippen LogP contribution in [0.5, 0.6) is 0 Å². The zero-order chi connectivity index (χ0) is 15.0. The maximum absolute atomic E-state index is 12.8. The summed E-state index contributed by atoms with van der Waals surface area (Å²) < 4.78 is 12.8. The van der Waals surface area contributed by atoms with Gasteiger partial charge in [-0.25, -0.2) is 0 Å². The topological polar surface area (TPSA) is 29.1 Å². The van der Waals surface area contributed by atoms with Gasteiger partial charge in [-0.3, -0.25) is 4.21 Å². The van der Waals surface area contributed by atoms with Gasteiger partial charge in [-0.05, 0) is 37.4 Å². The average Bonchev–Trinajstić information content (AvgIpc) is 2.43. The Morgan fingerprint density at radius 1 is 1.20 bits per heavy atom. The van der Waals surface area contributed by atoms with Gasteiger partial charge in [-0.2, -0.15) is 0 Å². The highest BCUT2D eigenvalue weighted by Gasteiger charge is 2.24. The maximum atomic E-state index is 12.8. The van der Waals surface area contributed by atoms with Crippen LogP contribution in [0.25, 0.3) is 0 Å². The molecule has 0 saturated carbocycles. The minimum Gasteiger partial charge on any atom is -0.313 e. The molecule has 114 valence electrons. The highest BCUT2D eigenvalue weighted by molar-refractivity contribution is 7.84. The fourth-order valence-electron chi connectivity index (χ4n) is 2.68. The SMILES string of the molecule is CCCC(NCC)C(CC)S(=O)Cc1ccccc1C. The summed E-state index contributed by atoms with van der Waals surface area (Å²) in [7, 11) is -0.815. The normalized spacial score (nSPS) is 15.8. The number of benzene rings is 1. The van der Waals surface area contributed by atoms with Crippen LogP contribution in [0.2, 0.25) is 0 Å². The Hall–Kier alpha value is -0.670. The van der Waals surface area contributed by atoms with Crippen molar-refractivity contribution in [3.63, 3.8) is 0 Å². The van der Waals surface area contributed by atoms with E-state index in [1.807, 2.05) is 12.1 Å². The van der Waals surface area contributed by atoms with E-state index < -0.39 is 10.8 Å². The van der Waals surface area contributed by atoms with Crippen LogP contribution in [0.3, 0.4) is 0 Å². The summed E-state index contributed by atoms with van der Waals surface area (Å²) >= 11 is 0. The Kier molecular flexibility index (Phi) is 8.08. The van der Waals surface area contributed by atoms with Crippen LogP contribution in [-0.2, 0) is 16.6 Å². The summed E-state index contributed by atoms with van der Waals surface area (Å²) in [6.07, 6.45) is 3.21. The zero-order valence-corrected chi connectivity index (χ0v) is 14.1.